The van der Waals surface area contributed by atoms with Crippen molar-refractivity contribution < 1.29 is 82.5 Å². The van der Waals surface area contributed by atoms with E-state index in [4.69, 9.17) is 9.11 Å². The van der Waals surface area contributed by atoms with Gasteiger partial charge in [-0.2, -0.15) is 50.5 Å². The Morgan fingerprint density at radius 3 is 1.10 bits per heavy atom. The van der Waals surface area contributed by atoms with Crippen LogP contribution in [0.5, 0.6) is 0 Å². The third kappa shape index (κ3) is 15.8. The predicted molar refractivity (Wildman–Crippen MR) is 79.6 cm³/mol. The lowest BCUT2D eigenvalue weighted by Gasteiger charge is -2.06. The van der Waals surface area contributed by atoms with E-state index in [-0.39, 0.29) is 0 Å². The summed E-state index contributed by atoms with van der Waals surface area (Å²) in [6, 6.07) is 0. The van der Waals surface area contributed by atoms with Crippen molar-refractivity contribution in [3.63, 3.8) is 0 Å². The maximum Gasteiger partial charge on any atom is 0.432 e. The first-order chi connectivity index (χ1) is 12.5. The smallest absolute Gasteiger partial charge is 0.263 e. The van der Waals surface area contributed by atoms with Gasteiger partial charge in [0.05, 0.1) is 13.2 Å². The van der Waals surface area contributed by atoms with Gasteiger partial charge in [-0.15, -0.1) is 3.63 Å². The van der Waals surface area contributed by atoms with Gasteiger partial charge in [0.2, 0.25) is 0 Å². The van der Waals surface area contributed by atoms with Crippen molar-refractivity contribution in [2.45, 2.75) is 6.42 Å². The van der Waals surface area contributed by atoms with Crippen LogP contribution in [0.15, 0.2) is 0 Å². The summed E-state index contributed by atoms with van der Waals surface area (Å²) >= 11 is 0. The third-order valence-electron chi connectivity index (χ3n) is 1.42. The standard InChI is InChI=1S/C3H8O20S6/c4-24(5,6)20-26(10,11)18-2-1-3-19-27(12,13)22-29(16,17)23-28(14,15)21-25(7,8)9/h1-3H2,(H,4,5,6)(H,7,8,9). The molecular weight excluding hydrogens is 548 g/mol. The molecule has 0 aliphatic heterocycles. The Balaban J connectivity index is 4.71. The summed E-state index contributed by atoms with van der Waals surface area (Å²) in [7, 11) is -34.3. The minimum absolute atomic E-state index is 0.734. The van der Waals surface area contributed by atoms with Gasteiger partial charge < -0.3 is 0 Å². The van der Waals surface area contributed by atoms with Gasteiger partial charge in [-0.1, -0.05) is 10.9 Å². The maximum atomic E-state index is 11.2. The molecule has 0 spiro atoms. The van der Waals surface area contributed by atoms with E-state index >= 15 is 0 Å². The molecule has 0 fully saturated rings. The van der Waals surface area contributed by atoms with E-state index in [1.165, 1.54) is 0 Å². The van der Waals surface area contributed by atoms with E-state index in [0.29, 0.717) is 0 Å². The van der Waals surface area contributed by atoms with Gasteiger partial charge in [-0.25, -0.2) is 8.37 Å². The average molecular weight is 556 g/mol. The van der Waals surface area contributed by atoms with Crippen molar-refractivity contribution in [2.24, 2.45) is 0 Å². The van der Waals surface area contributed by atoms with Gasteiger partial charge in [-0.3, -0.25) is 9.11 Å². The van der Waals surface area contributed by atoms with Crippen LogP contribution in [-0.2, 0) is 85.3 Å². The highest BCUT2D eigenvalue weighted by Crippen LogP contribution is 2.12. The normalized spacial score (nSPS) is 14.7. The maximum absolute atomic E-state index is 11.2. The number of rotatable bonds is 14. The summed E-state index contributed by atoms with van der Waals surface area (Å²) in [6.45, 7) is -2.15. The van der Waals surface area contributed by atoms with Gasteiger partial charge in [0.25, 0.3) is 0 Å². The largest absolute Gasteiger partial charge is 0.432 e. The summed E-state index contributed by atoms with van der Waals surface area (Å²) in [5.74, 6) is 0. The Labute approximate surface area is 164 Å². The van der Waals surface area contributed by atoms with Gasteiger partial charge in [-0.05, 0) is 6.42 Å². The zero-order valence-electron chi connectivity index (χ0n) is 12.8. The van der Waals surface area contributed by atoms with Crippen LogP contribution in [0.2, 0.25) is 0 Å². The summed E-state index contributed by atoms with van der Waals surface area (Å²) in [5, 5.41) is 0. The van der Waals surface area contributed by atoms with Gasteiger partial charge >= 0.3 is 62.4 Å². The molecule has 29 heavy (non-hydrogen) atoms. The highest BCUT2D eigenvalue weighted by Gasteiger charge is 2.34. The van der Waals surface area contributed by atoms with Crippen LogP contribution in [0.3, 0.4) is 0 Å². The second-order valence-corrected chi connectivity index (χ2v) is 11.4. The second kappa shape index (κ2) is 9.67. The molecular formula is C3H8O20S6. The molecule has 20 nitrogen and oxygen atoms in total. The lowest BCUT2D eigenvalue weighted by atomic mass is 10.5. The van der Waals surface area contributed by atoms with E-state index in [9.17, 15) is 50.5 Å². The molecule has 0 unspecified atom stereocenters. The Kier molecular flexibility index (Phi) is 9.47. The fourth-order valence-electron chi connectivity index (χ4n) is 0.858. The number of hydrogen-bond donors (Lipinski definition) is 2. The average Bonchev–Trinajstić information content (AvgIpc) is 2.27. The SMILES string of the molecule is O=S(=O)(O)OS(=O)(=O)OCCCOS(=O)(=O)OS(=O)(=O)OS(=O)(=O)OS(=O)(=O)O. The molecule has 0 bridgehead atoms. The Bertz CT molecular complexity index is 1190. The minimum Gasteiger partial charge on any atom is -0.263 e. The molecule has 0 amide bonds. The van der Waals surface area contributed by atoms with Crippen LogP contribution in [-0.4, -0.2) is 72.8 Å². The molecule has 0 aliphatic rings. The van der Waals surface area contributed by atoms with Crippen molar-refractivity contribution in [3.05, 3.63) is 0 Å². The van der Waals surface area contributed by atoms with Crippen molar-refractivity contribution in [1.29, 1.82) is 0 Å². The van der Waals surface area contributed by atoms with Gasteiger partial charge in [0.15, 0.2) is 0 Å². The molecule has 0 aromatic rings. The summed E-state index contributed by atoms with van der Waals surface area (Å²) < 4.78 is 164. The fraction of sp³-hybridized carbons (Fsp3) is 1.00. The Morgan fingerprint density at radius 2 is 0.724 bits per heavy atom. The molecule has 0 heterocycles. The Morgan fingerprint density at radius 1 is 0.448 bits per heavy atom. The highest BCUT2D eigenvalue weighted by atomic mass is 32.4. The van der Waals surface area contributed by atoms with Crippen LogP contribution in [0.1, 0.15) is 6.42 Å². The summed E-state index contributed by atoms with van der Waals surface area (Å²) in [6.07, 6.45) is -0.734. The van der Waals surface area contributed by atoms with E-state index in [0.717, 1.165) is 0 Å². The lowest BCUT2D eigenvalue weighted by Crippen LogP contribution is -2.24. The fourth-order valence-corrected chi connectivity index (χ4v) is 5.72. The third-order valence-corrected chi connectivity index (χ3v) is 7.70. The quantitative estimate of drug-likeness (QED) is 0.152. The minimum atomic E-state index is -6.10. The monoisotopic (exact) mass is 556 g/mol. The van der Waals surface area contributed by atoms with Crippen LogP contribution in [0, 0.1) is 0 Å². The molecule has 0 atom stereocenters. The zero-order chi connectivity index (χ0) is 23.4. The van der Waals surface area contributed by atoms with E-state index in [2.05, 4.69) is 22.9 Å². The Hall–Kier alpha value is -0.620. The summed E-state index contributed by atoms with van der Waals surface area (Å²) in [5.41, 5.74) is 0. The van der Waals surface area contributed by atoms with Crippen molar-refractivity contribution in [3.8, 4) is 0 Å². The van der Waals surface area contributed by atoms with E-state index in [1.807, 2.05) is 0 Å². The topological polar surface area (TPSA) is 301 Å². The lowest BCUT2D eigenvalue weighted by molar-refractivity contribution is 0.219. The van der Waals surface area contributed by atoms with Gasteiger partial charge in [0, 0.05) is 0 Å². The molecule has 0 rings (SSSR count). The van der Waals surface area contributed by atoms with Crippen LogP contribution < -0.4 is 0 Å². The second-order valence-electron chi connectivity index (χ2n) is 3.76. The molecule has 0 radical (unpaired) electrons. The zero-order valence-corrected chi connectivity index (χ0v) is 17.7. The first-order valence-corrected chi connectivity index (χ1v) is 13.7. The van der Waals surface area contributed by atoms with Crippen molar-refractivity contribution in [2.75, 3.05) is 13.2 Å². The molecule has 0 aromatic heterocycles. The molecule has 26 heteroatoms. The molecule has 0 saturated carbocycles. The first kappa shape index (κ1) is 28.4. The van der Waals surface area contributed by atoms with Crippen molar-refractivity contribution in [1.82, 2.24) is 0 Å². The van der Waals surface area contributed by atoms with Gasteiger partial charge in [0.1, 0.15) is 0 Å². The van der Waals surface area contributed by atoms with Crippen LogP contribution >= 0.6 is 0 Å². The van der Waals surface area contributed by atoms with Crippen LogP contribution in [0.4, 0.5) is 0 Å². The highest BCUT2D eigenvalue weighted by molar-refractivity contribution is 8.03. The molecule has 0 aliphatic carbocycles. The van der Waals surface area contributed by atoms with Crippen molar-refractivity contribution >= 4 is 62.4 Å². The molecule has 0 saturated heterocycles. The van der Waals surface area contributed by atoms with E-state index < -0.39 is 82.0 Å². The molecule has 2 N–H and O–H groups in total. The molecule has 176 valence electrons. The predicted octanol–water partition coefficient (Wildman–Crippen LogP) is -3.94. The summed E-state index contributed by atoms with van der Waals surface area (Å²) in [4.78, 5) is 0. The molecule has 0 aromatic carbocycles. The van der Waals surface area contributed by atoms with E-state index in [1.54, 1.807) is 0 Å². The first-order valence-electron chi connectivity index (χ1n) is 5.61. The number of hydrogen-bond acceptors (Lipinski definition) is 18. The van der Waals surface area contributed by atoms with Crippen LogP contribution in [0.25, 0.3) is 0 Å².